The Labute approximate surface area is 113 Å². The van der Waals surface area contributed by atoms with Crippen LogP contribution in [0.25, 0.3) is 0 Å². The Hall–Kier alpha value is -0.413. The summed E-state index contributed by atoms with van der Waals surface area (Å²) in [6.45, 7) is 14.4. The monoisotopic (exact) mass is 268 g/mol. The molecule has 0 aromatic carbocycles. The molecular weight excluding hydrogens is 240 g/mol. The number of rotatable bonds is 4. The topological polar surface area (TPSA) is 26.3 Å². The van der Waals surface area contributed by atoms with E-state index >= 15 is 0 Å². The van der Waals surface area contributed by atoms with Crippen LogP contribution in [-0.2, 0) is 9.22 Å². The molecule has 0 saturated carbocycles. The second-order valence-electron chi connectivity index (χ2n) is 7.08. The molecule has 0 aromatic heterocycles. The van der Waals surface area contributed by atoms with Gasteiger partial charge in [0, 0.05) is 13.0 Å². The Balaban J connectivity index is 2.49. The summed E-state index contributed by atoms with van der Waals surface area (Å²) in [6, 6.07) is 0. The SMILES string of the molecule is C[C@H](CO[Si](C)(C)C(C)(C)C)[C@H]1C=CC(=O)CC1. The average molecular weight is 268 g/mol. The van der Waals surface area contributed by atoms with E-state index in [9.17, 15) is 4.79 Å². The molecule has 2 atom stereocenters. The van der Waals surface area contributed by atoms with E-state index in [1.54, 1.807) is 6.08 Å². The van der Waals surface area contributed by atoms with Crippen molar-refractivity contribution in [2.45, 2.75) is 58.7 Å². The fraction of sp³-hybridized carbons (Fsp3) is 0.800. The molecule has 0 radical (unpaired) electrons. The van der Waals surface area contributed by atoms with Crippen LogP contribution in [0.15, 0.2) is 12.2 Å². The zero-order chi connectivity index (χ0) is 14.0. The van der Waals surface area contributed by atoms with Crippen molar-refractivity contribution >= 4 is 14.1 Å². The molecule has 1 aliphatic rings. The van der Waals surface area contributed by atoms with E-state index in [2.05, 4.69) is 46.9 Å². The molecule has 0 N–H and O–H groups in total. The van der Waals surface area contributed by atoms with Crippen LogP contribution in [0.4, 0.5) is 0 Å². The molecule has 104 valence electrons. The van der Waals surface area contributed by atoms with Crippen molar-refractivity contribution in [2.24, 2.45) is 11.8 Å². The summed E-state index contributed by atoms with van der Waals surface area (Å²) < 4.78 is 6.26. The molecule has 1 rings (SSSR count). The third-order valence-corrected chi connectivity index (χ3v) is 9.00. The van der Waals surface area contributed by atoms with Crippen LogP contribution >= 0.6 is 0 Å². The number of hydrogen-bond acceptors (Lipinski definition) is 2. The van der Waals surface area contributed by atoms with Crippen molar-refractivity contribution < 1.29 is 9.22 Å². The highest BCUT2D eigenvalue weighted by Crippen LogP contribution is 2.37. The van der Waals surface area contributed by atoms with Gasteiger partial charge in [0.1, 0.15) is 0 Å². The molecule has 0 amide bonds. The van der Waals surface area contributed by atoms with Gasteiger partial charge in [-0.3, -0.25) is 4.79 Å². The van der Waals surface area contributed by atoms with Gasteiger partial charge in [-0.2, -0.15) is 0 Å². The van der Waals surface area contributed by atoms with Crippen molar-refractivity contribution in [3.8, 4) is 0 Å². The second kappa shape index (κ2) is 5.70. The lowest BCUT2D eigenvalue weighted by molar-refractivity contribution is -0.115. The Kier molecular flexibility index (Phi) is 4.95. The smallest absolute Gasteiger partial charge is 0.191 e. The summed E-state index contributed by atoms with van der Waals surface area (Å²) in [5.41, 5.74) is 0. The zero-order valence-electron chi connectivity index (χ0n) is 12.7. The fourth-order valence-electron chi connectivity index (χ4n) is 1.87. The van der Waals surface area contributed by atoms with Gasteiger partial charge in [0.05, 0.1) is 0 Å². The Morgan fingerprint density at radius 3 is 2.50 bits per heavy atom. The highest BCUT2D eigenvalue weighted by atomic mass is 28.4. The molecule has 18 heavy (non-hydrogen) atoms. The van der Waals surface area contributed by atoms with Crippen LogP contribution in [0.3, 0.4) is 0 Å². The number of carbonyl (C=O) groups is 1. The minimum atomic E-state index is -1.64. The Bertz CT molecular complexity index is 326. The first-order valence-electron chi connectivity index (χ1n) is 6.98. The second-order valence-corrected chi connectivity index (χ2v) is 11.9. The predicted molar refractivity (Wildman–Crippen MR) is 79.2 cm³/mol. The molecule has 1 aliphatic carbocycles. The first-order chi connectivity index (χ1) is 8.13. The van der Waals surface area contributed by atoms with Gasteiger partial charge in [-0.15, -0.1) is 0 Å². The summed E-state index contributed by atoms with van der Waals surface area (Å²) in [4.78, 5) is 11.2. The maximum Gasteiger partial charge on any atom is 0.191 e. The Morgan fingerprint density at radius 2 is 2.06 bits per heavy atom. The minimum absolute atomic E-state index is 0.267. The summed E-state index contributed by atoms with van der Waals surface area (Å²) in [6.07, 6.45) is 5.51. The molecule has 0 bridgehead atoms. The highest BCUT2D eigenvalue weighted by Gasteiger charge is 2.37. The van der Waals surface area contributed by atoms with Crippen molar-refractivity contribution in [3.63, 3.8) is 0 Å². The lowest BCUT2D eigenvalue weighted by Gasteiger charge is -2.37. The van der Waals surface area contributed by atoms with Crippen molar-refractivity contribution in [2.75, 3.05) is 6.61 Å². The van der Waals surface area contributed by atoms with Gasteiger partial charge in [-0.05, 0) is 42.5 Å². The maximum atomic E-state index is 11.2. The van der Waals surface area contributed by atoms with Crippen LogP contribution in [0, 0.1) is 11.8 Å². The number of ketones is 1. The minimum Gasteiger partial charge on any atom is -0.417 e. The number of hydrogen-bond donors (Lipinski definition) is 0. The quantitative estimate of drug-likeness (QED) is 0.715. The van der Waals surface area contributed by atoms with Crippen LogP contribution < -0.4 is 0 Å². The van der Waals surface area contributed by atoms with Gasteiger partial charge >= 0.3 is 0 Å². The number of allylic oxidation sites excluding steroid dienone is 2. The van der Waals surface area contributed by atoms with E-state index in [0.29, 0.717) is 18.3 Å². The van der Waals surface area contributed by atoms with Gasteiger partial charge < -0.3 is 4.43 Å². The molecule has 0 aromatic rings. The van der Waals surface area contributed by atoms with Gasteiger partial charge in [0.2, 0.25) is 0 Å². The van der Waals surface area contributed by atoms with E-state index < -0.39 is 8.32 Å². The molecule has 0 aliphatic heterocycles. The standard InChI is InChI=1S/C15H28O2Si/c1-12(13-7-9-14(16)10-8-13)11-17-18(5,6)15(2,3)4/h7,9,12-13H,8,10-11H2,1-6H3/t12-,13+/m1/s1. The van der Waals surface area contributed by atoms with E-state index in [1.165, 1.54) is 0 Å². The largest absolute Gasteiger partial charge is 0.417 e. The molecule has 0 heterocycles. The average Bonchev–Trinajstić information content (AvgIpc) is 2.25. The lowest BCUT2D eigenvalue weighted by Crippen LogP contribution is -2.42. The molecule has 0 unspecified atom stereocenters. The van der Waals surface area contributed by atoms with Crippen molar-refractivity contribution in [1.82, 2.24) is 0 Å². The normalized spacial score (nSPS) is 23.2. The summed E-state index contributed by atoms with van der Waals surface area (Å²) in [5, 5.41) is 0.269. The van der Waals surface area contributed by atoms with Crippen LogP contribution in [0.2, 0.25) is 18.1 Å². The highest BCUT2D eigenvalue weighted by molar-refractivity contribution is 6.74. The molecule has 3 heteroatoms. The van der Waals surface area contributed by atoms with Gasteiger partial charge in [0.15, 0.2) is 14.1 Å². The summed E-state index contributed by atoms with van der Waals surface area (Å²) in [7, 11) is -1.64. The summed E-state index contributed by atoms with van der Waals surface area (Å²) in [5.74, 6) is 1.28. The molecule has 0 fully saturated rings. The zero-order valence-corrected chi connectivity index (χ0v) is 13.7. The first-order valence-corrected chi connectivity index (χ1v) is 9.89. The van der Waals surface area contributed by atoms with Crippen molar-refractivity contribution in [3.05, 3.63) is 12.2 Å². The van der Waals surface area contributed by atoms with Gasteiger partial charge in [0.25, 0.3) is 0 Å². The van der Waals surface area contributed by atoms with E-state index in [4.69, 9.17) is 4.43 Å². The third kappa shape index (κ3) is 4.06. The lowest BCUT2D eigenvalue weighted by atomic mass is 9.86. The van der Waals surface area contributed by atoms with Gasteiger partial charge in [-0.25, -0.2) is 0 Å². The maximum absolute atomic E-state index is 11.2. The van der Waals surface area contributed by atoms with Crippen LogP contribution in [-0.4, -0.2) is 20.7 Å². The molecule has 0 spiro atoms. The van der Waals surface area contributed by atoms with E-state index in [-0.39, 0.29) is 10.8 Å². The summed E-state index contributed by atoms with van der Waals surface area (Å²) >= 11 is 0. The van der Waals surface area contributed by atoms with E-state index in [0.717, 1.165) is 13.0 Å². The van der Waals surface area contributed by atoms with Crippen LogP contribution in [0.1, 0.15) is 40.5 Å². The first kappa shape index (κ1) is 15.6. The Morgan fingerprint density at radius 1 is 1.44 bits per heavy atom. The third-order valence-electron chi connectivity index (χ3n) is 4.50. The van der Waals surface area contributed by atoms with Crippen LogP contribution in [0.5, 0.6) is 0 Å². The van der Waals surface area contributed by atoms with Gasteiger partial charge in [-0.1, -0.05) is 33.8 Å². The molecule has 0 saturated heterocycles. The number of carbonyl (C=O) groups excluding carboxylic acids is 1. The van der Waals surface area contributed by atoms with Crippen molar-refractivity contribution in [1.29, 1.82) is 0 Å². The van der Waals surface area contributed by atoms with E-state index in [1.807, 2.05) is 0 Å². The molecule has 2 nitrogen and oxygen atoms in total. The predicted octanol–water partition coefficient (Wildman–Crippen LogP) is 4.18. The fourth-order valence-corrected chi connectivity index (χ4v) is 2.99. The molecular formula is C15H28O2Si.